The smallest absolute Gasteiger partial charge is 0.411 e. The SMILES string of the molecule is COC(=O)Nc1ccc2c(c1)NC(=O)[C@H](C)C(O)CC[C@H](N1CCC(c3c(F)ccc(Cl)c3F)=CC1=O)c1cc-2ccn1. The summed E-state index contributed by atoms with van der Waals surface area (Å²) in [6.45, 7) is 1.74. The summed E-state index contributed by atoms with van der Waals surface area (Å²) < 4.78 is 34.0. The van der Waals surface area contributed by atoms with E-state index in [-0.39, 0.29) is 42.0 Å². The molecule has 3 atom stereocenters. The number of hydrogen-bond donors (Lipinski definition) is 3. The van der Waals surface area contributed by atoms with E-state index in [9.17, 15) is 28.3 Å². The van der Waals surface area contributed by atoms with Crippen LogP contribution >= 0.6 is 11.6 Å². The Labute approximate surface area is 251 Å². The highest BCUT2D eigenvalue weighted by molar-refractivity contribution is 6.31. The van der Waals surface area contributed by atoms with Crippen LogP contribution in [-0.4, -0.2) is 52.7 Å². The summed E-state index contributed by atoms with van der Waals surface area (Å²) in [6.07, 6.45) is 1.67. The molecule has 3 amide bonds. The molecule has 0 aliphatic carbocycles. The lowest BCUT2D eigenvalue weighted by Crippen LogP contribution is -2.39. The number of aromatic nitrogens is 1. The summed E-state index contributed by atoms with van der Waals surface area (Å²) in [5.74, 6) is -3.44. The molecule has 224 valence electrons. The van der Waals surface area contributed by atoms with Gasteiger partial charge < -0.3 is 20.1 Å². The molecule has 0 saturated heterocycles. The van der Waals surface area contributed by atoms with Gasteiger partial charge >= 0.3 is 6.09 Å². The number of benzene rings is 2. The van der Waals surface area contributed by atoms with E-state index in [1.54, 1.807) is 48.4 Å². The lowest BCUT2D eigenvalue weighted by molar-refractivity contribution is -0.129. The van der Waals surface area contributed by atoms with Crippen molar-refractivity contribution in [2.45, 2.75) is 38.3 Å². The van der Waals surface area contributed by atoms with Crippen LogP contribution in [0, 0.1) is 17.6 Å². The fraction of sp³-hybridized carbons (Fsp3) is 0.290. The lowest BCUT2D eigenvalue weighted by atomic mass is 9.91. The summed E-state index contributed by atoms with van der Waals surface area (Å²) in [5, 5.41) is 16.1. The number of anilines is 2. The van der Waals surface area contributed by atoms with Crippen molar-refractivity contribution in [2.24, 2.45) is 5.92 Å². The summed E-state index contributed by atoms with van der Waals surface area (Å²) >= 11 is 5.88. The summed E-state index contributed by atoms with van der Waals surface area (Å²) in [4.78, 5) is 44.5. The van der Waals surface area contributed by atoms with Crippen LogP contribution in [0.3, 0.4) is 0 Å². The Hall–Kier alpha value is -4.35. The number of hydrogen-bond acceptors (Lipinski definition) is 6. The number of pyridine rings is 1. The number of rotatable bonds is 3. The molecule has 9 nitrogen and oxygen atoms in total. The zero-order valence-corrected chi connectivity index (χ0v) is 24.1. The van der Waals surface area contributed by atoms with E-state index >= 15 is 0 Å². The van der Waals surface area contributed by atoms with Gasteiger partial charge in [0.1, 0.15) is 5.82 Å². The van der Waals surface area contributed by atoms with E-state index in [4.69, 9.17) is 11.6 Å². The predicted molar refractivity (Wildman–Crippen MR) is 157 cm³/mol. The van der Waals surface area contributed by atoms with Gasteiger partial charge in [-0.05, 0) is 66.8 Å². The largest absolute Gasteiger partial charge is 0.453 e. The second-order valence-electron chi connectivity index (χ2n) is 10.5. The molecule has 0 radical (unpaired) electrons. The first kappa shape index (κ1) is 30.1. The summed E-state index contributed by atoms with van der Waals surface area (Å²) in [7, 11) is 1.24. The molecule has 5 rings (SSSR count). The Bertz CT molecular complexity index is 1630. The molecule has 0 fully saturated rings. The minimum atomic E-state index is -1.05. The first-order valence-corrected chi connectivity index (χ1v) is 14.0. The Kier molecular flexibility index (Phi) is 8.74. The fourth-order valence-corrected chi connectivity index (χ4v) is 5.55. The molecule has 2 bridgehead atoms. The number of nitrogens with zero attached hydrogens (tertiary/aromatic N) is 2. The van der Waals surface area contributed by atoms with Crippen molar-refractivity contribution in [3.05, 3.63) is 82.7 Å². The van der Waals surface area contributed by atoms with E-state index in [0.717, 1.165) is 12.1 Å². The summed E-state index contributed by atoms with van der Waals surface area (Å²) in [6, 6.07) is 10.1. The minimum Gasteiger partial charge on any atom is -0.453 e. The molecule has 2 aliphatic heterocycles. The van der Waals surface area contributed by atoms with Gasteiger partial charge in [0, 0.05) is 30.1 Å². The Morgan fingerprint density at radius 2 is 1.95 bits per heavy atom. The second-order valence-corrected chi connectivity index (χ2v) is 10.9. The van der Waals surface area contributed by atoms with Gasteiger partial charge in [-0.15, -0.1) is 0 Å². The number of aliphatic hydroxyl groups is 1. The molecule has 3 aromatic rings. The molecule has 1 aromatic heterocycles. The third-order valence-corrected chi connectivity index (χ3v) is 8.11. The van der Waals surface area contributed by atoms with E-state index in [0.29, 0.717) is 28.2 Å². The number of carbonyl (C=O) groups excluding carboxylic acids is 3. The van der Waals surface area contributed by atoms with E-state index in [2.05, 4.69) is 20.4 Å². The maximum absolute atomic E-state index is 14.7. The van der Waals surface area contributed by atoms with Gasteiger partial charge in [-0.25, -0.2) is 13.6 Å². The topological polar surface area (TPSA) is 121 Å². The van der Waals surface area contributed by atoms with Crippen molar-refractivity contribution in [3.63, 3.8) is 0 Å². The molecule has 43 heavy (non-hydrogen) atoms. The van der Waals surface area contributed by atoms with Crippen LogP contribution in [0.4, 0.5) is 25.0 Å². The Morgan fingerprint density at radius 3 is 2.70 bits per heavy atom. The number of amides is 3. The second kappa shape index (κ2) is 12.5. The average molecular weight is 611 g/mol. The van der Waals surface area contributed by atoms with Crippen molar-refractivity contribution >= 4 is 46.5 Å². The van der Waals surface area contributed by atoms with Gasteiger partial charge in [0.15, 0.2) is 5.82 Å². The average Bonchev–Trinajstić information content (AvgIpc) is 2.99. The maximum Gasteiger partial charge on any atom is 0.411 e. The minimum absolute atomic E-state index is 0.137. The number of aliphatic hydroxyl groups excluding tert-OH is 1. The molecule has 2 aliphatic rings. The number of methoxy groups -OCH3 is 1. The van der Waals surface area contributed by atoms with Crippen LogP contribution in [0.25, 0.3) is 16.7 Å². The van der Waals surface area contributed by atoms with Gasteiger partial charge in [-0.3, -0.25) is 19.9 Å². The molecule has 1 unspecified atom stereocenters. The van der Waals surface area contributed by atoms with Crippen LogP contribution < -0.4 is 10.6 Å². The number of nitrogens with one attached hydrogen (secondary N) is 2. The van der Waals surface area contributed by atoms with Crippen LogP contribution in [0.5, 0.6) is 0 Å². The van der Waals surface area contributed by atoms with Gasteiger partial charge in [0.2, 0.25) is 11.8 Å². The number of halogens is 3. The predicted octanol–water partition coefficient (Wildman–Crippen LogP) is 5.94. The van der Waals surface area contributed by atoms with Crippen LogP contribution in [0.2, 0.25) is 5.02 Å². The zero-order chi connectivity index (χ0) is 30.8. The van der Waals surface area contributed by atoms with Gasteiger partial charge in [-0.1, -0.05) is 24.6 Å². The van der Waals surface area contributed by atoms with E-state index in [1.807, 2.05) is 0 Å². The molecule has 12 heteroatoms. The lowest BCUT2D eigenvalue weighted by Gasteiger charge is -2.35. The van der Waals surface area contributed by atoms with Crippen LogP contribution in [0.1, 0.15) is 43.5 Å². The zero-order valence-electron chi connectivity index (χ0n) is 23.4. The van der Waals surface area contributed by atoms with Crippen molar-refractivity contribution in [1.82, 2.24) is 9.88 Å². The highest BCUT2D eigenvalue weighted by Crippen LogP contribution is 2.38. The monoisotopic (exact) mass is 610 g/mol. The fourth-order valence-electron chi connectivity index (χ4n) is 5.39. The Balaban J connectivity index is 1.55. The first-order valence-electron chi connectivity index (χ1n) is 13.7. The standard InChI is InChI=1S/C31H29ClF2N4O5/c1-16-26(39)8-7-25(38-12-10-18(14-27(38)40)28-22(33)6-5-21(32)29(28)34)24-13-17(9-11-35-24)20-4-3-19(36-31(42)43-2)15-23(20)37-30(16)41/h3-6,9,11,13-16,25-26,39H,7-8,10,12H2,1-2H3,(H,36,42)(H,37,41)/t16-,25+,26?/m1/s1. The molecule has 0 saturated carbocycles. The maximum atomic E-state index is 14.7. The third kappa shape index (κ3) is 6.23. The molecular formula is C31H29ClF2N4O5. The van der Waals surface area contributed by atoms with Crippen LogP contribution in [-0.2, 0) is 14.3 Å². The van der Waals surface area contributed by atoms with Gasteiger partial charge in [0.05, 0.1) is 47.1 Å². The number of carbonyl (C=O) groups is 3. The quantitative estimate of drug-likeness (QED) is 0.316. The molecule has 2 aromatic carbocycles. The highest BCUT2D eigenvalue weighted by atomic mass is 35.5. The molecular weight excluding hydrogens is 582 g/mol. The van der Waals surface area contributed by atoms with Gasteiger partial charge in [0.25, 0.3) is 0 Å². The van der Waals surface area contributed by atoms with E-state index in [1.165, 1.54) is 13.2 Å². The van der Waals surface area contributed by atoms with Crippen LogP contribution in [0.15, 0.2) is 54.7 Å². The van der Waals surface area contributed by atoms with Crippen molar-refractivity contribution in [3.8, 4) is 11.1 Å². The molecule has 0 spiro atoms. The Morgan fingerprint density at radius 1 is 1.16 bits per heavy atom. The van der Waals surface area contributed by atoms with Crippen molar-refractivity contribution in [1.29, 1.82) is 0 Å². The normalized spacial score (nSPS) is 20.7. The number of ether oxygens (including phenoxy) is 1. The first-order chi connectivity index (χ1) is 20.6. The third-order valence-electron chi connectivity index (χ3n) is 7.81. The highest BCUT2D eigenvalue weighted by Gasteiger charge is 2.33. The van der Waals surface area contributed by atoms with Crippen molar-refractivity contribution in [2.75, 3.05) is 24.3 Å². The number of fused-ring (bicyclic) bond motifs is 4. The van der Waals surface area contributed by atoms with Gasteiger partial charge in [-0.2, -0.15) is 0 Å². The molecule has 3 N–H and O–H groups in total. The molecule has 3 heterocycles. The summed E-state index contributed by atoms with van der Waals surface area (Å²) in [5.41, 5.74) is 2.49. The van der Waals surface area contributed by atoms with Crippen molar-refractivity contribution < 1.29 is 33.0 Å². The van der Waals surface area contributed by atoms with E-state index < -0.39 is 47.6 Å².